The van der Waals surface area contributed by atoms with Gasteiger partial charge in [0.1, 0.15) is 11.0 Å². The summed E-state index contributed by atoms with van der Waals surface area (Å²) in [7, 11) is 0. The van der Waals surface area contributed by atoms with E-state index < -0.39 is 0 Å². The average Bonchev–Trinajstić information content (AvgIpc) is 2.01. The Kier molecular flexibility index (Phi) is 5.80. The summed E-state index contributed by atoms with van der Waals surface area (Å²) in [4.78, 5) is 4.04. The lowest BCUT2D eigenvalue weighted by atomic mass is 10.4. The molecule has 1 aromatic heterocycles. The van der Waals surface area contributed by atoms with Crippen molar-refractivity contribution in [1.29, 1.82) is 0 Å². The Morgan fingerprint density at radius 2 is 2.25 bits per heavy atom. The van der Waals surface area contributed by atoms with Crippen LogP contribution in [0.2, 0.25) is 5.15 Å². The van der Waals surface area contributed by atoms with E-state index in [1.54, 1.807) is 6.07 Å². The molecule has 0 aromatic carbocycles. The summed E-state index contributed by atoms with van der Waals surface area (Å²) in [5.41, 5.74) is 3.70. The highest BCUT2D eigenvalue weighted by atomic mass is 35.5. The lowest BCUT2D eigenvalue weighted by Crippen LogP contribution is -3.00. The van der Waals surface area contributed by atoms with Crippen LogP contribution in [0, 0.1) is 0 Å². The molecule has 3 nitrogen and oxygen atoms in total. The quantitative estimate of drug-likeness (QED) is 0.535. The van der Waals surface area contributed by atoms with Gasteiger partial charge in [-0.2, -0.15) is 0 Å². The van der Waals surface area contributed by atoms with Gasteiger partial charge >= 0.3 is 0 Å². The fraction of sp³-hybridized carbons (Fsp3) is 0.286. The van der Waals surface area contributed by atoms with Crippen molar-refractivity contribution in [2.45, 2.75) is 0 Å². The maximum absolute atomic E-state index is 5.66. The Hall–Kier alpha value is -0.510. The van der Waals surface area contributed by atoms with E-state index in [9.17, 15) is 0 Å². The number of hydrogen-bond acceptors (Lipinski definition) is 2. The molecule has 0 aliphatic rings. The van der Waals surface area contributed by atoms with Gasteiger partial charge in [0.15, 0.2) is 0 Å². The maximum Gasteiger partial charge on any atom is 0.131 e. The first kappa shape index (κ1) is 11.5. The van der Waals surface area contributed by atoms with Crippen molar-refractivity contribution >= 4 is 17.4 Å². The summed E-state index contributed by atoms with van der Waals surface area (Å²) >= 11 is 5.66. The van der Waals surface area contributed by atoms with Crippen molar-refractivity contribution in [3.8, 4) is 0 Å². The van der Waals surface area contributed by atoms with E-state index in [2.05, 4.69) is 16.0 Å². The van der Waals surface area contributed by atoms with Crippen molar-refractivity contribution in [1.82, 2.24) is 4.98 Å². The van der Waals surface area contributed by atoms with Gasteiger partial charge in [-0.15, -0.1) is 0 Å². The van der Waals surface area contributed by atoms with Crippen LogP contribution in [0.15, 0.2) is 18.2 Å². The van der Waals surface area contributed by atoms with Crippen LogP contribution in [0.4, 0.5) is 5.82 Å². The van der Waals surface area contributed by atoms with Gasteiger partial charge < -0.3 is 23.5 Å². The molecule has 0 spiro atoms. The third-order valence-corrected chi connectivity index (χ3v) is 1.41. The maximum atomic E-state index is 5.66. The van der Waals surface area contributed by atoms with Gasteiger partial charge in [0.2, 0.25) is 0 Å². The molecule has 12 heavy (non-hydrogen) atoms. The van der Waals surface area contributed by atoms with E-state index in [1.807, 2.05) is 12.1 Å². The van der Waals surface area contributed by atoms with Gasteiger partial charge in [-0.3, -0.25) is 0 Å². The zero-order chi connectivity index (χ0) is 8.10. The number of nitrogens with one attached hydrogen (secondary N) is 1. The molecule has 0 unspecified atom stereocenters. The minimum atomic E-state index is 0. The summed E-state index contributed by atoms with van der Waals surface area (Å²) in [5, 5.41) is 3.59. The third-order valence-electron chi connectivity index (χ3n) is 1.20. The fourth-order valence-corrected chi connectivity index (χ4v) is 0.887. The van der Waals surface area contributed by atoms with Gasteiger partial charge in [0.25, 0.3) is 0 Å². The average molecular weight is 208 g/mol. The van der Waals surface area contributed by atoms with E-state index in [4.69, 9.17) is 11.6 Å². The lowest BCUT2D eigenvalue weighted by molar-refractivity contribution is -0.362. The van der Waals surface area contributed by atoms with Crippen LogP contribution in [0.1, 0.15) is 0 Å². The normalized spacial score (nSPS) is 8.83. The molecule has 1 rings (SSSR count). The Morgan fingerprint density at radius 1 is 1.50 bits per heavy atom. The minimum absolute atomic E-state index is 0. The van der Waals surface area contributed by atoms with Crippen molar-refractivity contribution < 1.29 is 18.1 Å². The molecule has 0 radical (unpaired) electrons. The second kappa shape index (κ2) is 6.06. The molecular weight excluding hydrogens is 197 g/mol. The molecule has 0 saturated heterocycles. The van der Waals surface area contributed by atoms with Gasteiger partial charge in [0.05, 0.1) is 13.1 Å². The Labute approximate surface area is 82.7 Å². The SMILES string of the molecule is [Cl-].[NH3+]CCNc1cccc(Cl)n1. The van der Waals surface area contributed by atoms with Crippen molar-refractivity contribution in [2.75, 3.05) is 18.4 Å². The third kappa shape index (κ3) is 3.76. The molecule has 5 heteroatoms. The van der Waals surface area contributed by atoms with Gasteiger partial charge in [0, 0.05) is 0 Å². The highest BCUT2D eigenvalue weighted by molar-refractivity contribution is 6.29. The van der Waals surface area contributed by atoms with E-state index in [0.29, 0.717) is 5.15 Å². The Morgan fingerprint density at radius 3 is 2.83 bits per heavy atom. The highest BCUT2D eigenvalue weighted by Gasteiger charge is 1.92. The Bertz CT molecular complexity index is 230. The molecule has 0 aliphatic heterocycles. The van der Waals surface area contributed by atoms with E-state index in [1.165, 1.54) is 0 Å². The minimum Gasteiger partial charge on any atom is -1.00 e. The van der Waals surface area contributed by atoms with Gasteiger partial charge in [-0.1, -0.05) is 17.7 Å². The van der Waals surface area contributed by atoms with E-state index in [0.717, 1.165) is 18.9 Å². The van der Waals surface area contributed by atoms with Crippen molar-refractivity contribution in [3.63, 3.8) is 0 Å². The zero-order valence-electron chi connectivity index (χ0n) is 6.56. The first-order chi connectivity index (χ1) is 5.33. The summed E-state index contributed by atoms with van der Waals surface area (Å²) in [6.45, 7) is 1.67. The van der Waals surface area contributed by atoms with Crippen LogP contribution in [-0.2, 0) is 0 Å². The summed E-state index contributed by atoms with van der Waals surface area (Å²) in [6.07, 6.45) is 0. The zero-order valence-corrected chi connectivity index (χ0v) is 8.07. The molecule has 1 heterocycles. The lowest BCUT2D eigenvalue weighted by Gasteiger charge is -2.00. The number of halogens is 2. The molecule has 4 N–H and O–H groups in total. The van der Waals surface area contributed by atoms with Crippen LogP contribution in [0.5, 0.6) is 0 Å². The molecule has 0 fully saturated rings. The van der Waals surface area contributed by atoms with E-state index in [-0.39, 0.29) is 12.4 Å². The monoisotopic (exact) mass is 207 g/mol. The Balaban J connectivity index is 0.00000121. The topological polar surface area (TPSA) is 52.6 Å². The molecule has 0 saturated carbocycles. The predicted octanol–water partition coefficient (Wildman–Crippen LogP) is -2.61. The summed E-state index contributed by atoms with van der Waals surface area (Å²) < 4.78 is 0. The number of pyridine rings is 1. The van der Waals surface area contributed by atoms with Gasteiger partial charge in [-0.05, 0) is 12.1 Å². The van der Waals surface area contributed by atoms with E-state index >= 15 is 0 Å². The molecule has 0 amide bonds. The number of hydrogen-bond donors (Lipinski definition) is 2. The van der Waals surface area contributed by atoms with Crippen molar-refractivity contribution in [3.05, 3.63) is 23.4 Å². The molecular formula is C7H11Cl2N3. The predicted molar refractivity (Wildman–Crippen MR) is 45.5 cm³/mol. The van der Waals surface area contributed by atoms with Crippen LogP contribution in [0.25, 0.3) is 0 Å². The van der Waals surface area contributed by atoms with Crippen molar-refractivity contribution in [2.24, 2.45) is 0 Å². The smallest absolute Gasteiger partial charge is 0.131 e. The van der Waals surface area contributed by atoms with Crippen LogP contribution in [0.3, 0.4) is 0 Å². The second-order valence-electron chi connectivity index (χ2n) is 2.13. The largest absolute Gasteiger partial charge is 1.00 e. The standard InChI is InChI=1S/C7H10ClN3.ClH/c8-6-2-1-3-7(11-6)10-5-4-9;/h1-3H,4-5,9H2,(H,10,11);1H. The van der Waals surface area contributed by atoms with Gasteiger partial charge in [-0.25, -0.2) is 4.98 Å². The number of rotatable bonds is 3. The molecule has 0 atom stereocenters. The molecule has 0 bridgehead atoms. The number of quaternary nitrogens is 1. The first-order valence-corrected chi connectivity index (χ1v) is 3.86. The molecule has 1 aromatic rings. The highest BCUT2D eigenvalue weighted by Crippen LogP contribution is 2.07. The van der Waals surface area contributed by atoms with Crippen LogP contribution in [-0.4, -0.2) is 18.1 Å². The first-order valence-electron chi connectivity index (χ1n) is 3.48. The second-order valence-corrected chi connectivity index (χ2v) is 2.51. The molecule has 68 valence electrons. The fourth-order valence-electron chi connectivity index (χ4n) is 0.723. The molecule has 0 aliphatic carbocycles. The number of nitrogens with zero attached hydrogens (tertiary/aromatic N) is 1. The summed E-state index contributed by atoms with van der Waals surface area (Å²) in [6, 6.07) is 5.49. The van der Waals surface area contributed by atoms with Crippen LogP contribution >= 0.6 is 11.6 Å². The van der Waals surface area contributed by atoms with Crippen LogP contribution < -0.4 is 23.5 Å². The summed E-state index contributed by atoms with van der Waals surface area (Å²) in [5.74, 6) is 0.807. The number of anilines is 1. The number of aromatic nitrogens is 1.